The Hall–Kier alpha value is -3.14. The van der Waals surface area contributed by atoms with Crippen molar-refractivity contribution in [3.05, 3.63) is 36.4 Å². The maximum atomic E-state index is 12.8. The summed E-state index contributed by atoms with van der Waals surface area (Å²) in [6.45, 7) is 4.81. The monoisotopic (exact) mass is 422 g/mol. The molecule has 29 heavy (non-hydrogen) atoms. The van der Waals surface area contributed by atoms with Gasteiger partial charge in [0.1, 0.15) is 19.0 Å². The van der Waals surface area contributed by atoms with Crippen LogP contribution in [-0.2, 0) is 14.8 Å². The normalized spacial score (nSPS) is 12.8. The molecule has 1 aliphatic heterocycles. The van der Waals surface area contributed by atoms with Crippen LogP contribution in [0, 0.1) is 0 Å². The van der Waals surface area contributed by atoms with E-state index in [1.165, 1.54) is 18.2 Å². The quantitative estimate of drug-likeness (QED) is 0.704. The highest BCUT2D eigenvalue weighted by Crippen LogP contribution is 2.34. The van der Waals surface area contributed by atoms with Crippen LogP contribution in [0.2, 0.25) is 0 Å². The van der Waals surface area contributed by atoms with E-state index < -0.39 is 16.1 Å². The lowest BCUT2D eigenvalue weighted by atomic mass is 10.3. The Morgan fingerprint density at radius 3 is 2.52 bits per heavy atom. The van der Waals surface area contributed by atoms with Crippen LogP contribution in [0.25, 0.3) is 0 Å². The summed E-state index contributed by atoms with van der Waals surface area (Å²) in [5.74, 6) is 1.35. The van der Waals surface area contributed by atoms with E-state index in [9.17, 15) is 13.2 Å². The number of rotatable bonds is 7. The molecule has 156 valence electrons. The smallest absolute Gasteiger partial charge is 0.411 e. The maximum Gasteiger partial charge on any atom is 0.411 e. The molecule has 0 bridgehead atoms. The number of hydrogen-bond donors (Lipinski definition) is 2. The molecule has 0 saturated heterocycles. The molecule has 1 aliphatic rings. The number of sulfonamides is 1. The van der Waals surface area contributed by atoms with Crippen LogP contribution in [0.15, 0.2) is 41.3 Å². The molecule has 2 N–H and O–H groups in total. The highest BCUT2D eigenvalue weighted by Gasteiger charge is 2.20. The van der Waals surface area contributed by atoms with Crippen molar-refractivity contribution in [2.24, 2.45) is 0 Å². The van der Waals surface area contributed by atoms with E-state index in [2.05, 4.69) is 10.0 Å². The molecular formula is C19H22N2O7S. The number of carbonyl (C=O) groups is 1. The molecule has 0 fully saturated rings. The molecule has 0 radical (unpaired) electrons. The Kier molecular flexibility index (Phi) is 6.32. The Morgan fingerprint density at radius 2 is 1.79 bits per heavy atom. The van der Waals surface area contributed by atoms with Gasteiger partial charge in [0, 0.05) is 6.07 Å². The van der Waals surface area contributed by atoms with Gasteiger partial charge in [0.05, 0.1) is 29.5 Å². The second kappa shape index (κ2) is 8.91. The summed E-state index contributed by atoms with van der Waals surface area (Å²) in [6, 6.07) is 8.95. The first-order chi connectivity index (χ1) is 13.9. The number of amides is 1. The van der Waals surface area contributed by atoms with Crippen LogP contribution in [-0.4, -0.2) is 40.9 Å². The zero-order valence-electron chi connectivity index (χ0n) is 16.1. The second-order valence-corrected chi connectivity index (χ2v) is 7.58. The molecule has 9 nitrogen and oxygen atoms in total. The third-order valence-electron chi connectivity index (χ3n) is 3.87. The van der Waals surface area contributed by atoms with E-state index in [1.807, 2.05) is 0 Å². The summed E-state index contributed by atoms with van der Waals surface area (Å²) in [7, 11) is -3.94. The molecule has 0 saturated carbocycles. The average Bonchev–Trinajstić information content (AvgIpc) is 2.69. The molecule has 0 spiro atoms. The molecule has 2 aromatic carbocycles. The predicted octanol–water partition coefficient (Wildman–Crippen LogP) is 3.23. The average molecular weight is 422 g/mol. The van der Waals surface area contributed by atoms with Crippen molar-refractivity contribution < 1.29 is 32.2 Å². The molecule has 10 heteroatoms. The van der Waals surface area contributed by atoms with Crippen LogP contribution >= 0.6 is 0 Å². The molecule has 1 heterocycles. The first kappa shape index (κ1) is 20.6. The van der Waals surface area contributed by atoms with Crippen LogP contribution in [0.3, 0.4) is 0 Å². The third kappa shape index (κ3) is 5.02. The van der Waals surface area contributed by atoms with Crippen molar-refractivity contribution in [2.45, 2.75) is 18.7 Å². The van der Waals surface area contributed by atoms with Crippen molar-refractivity contribution in [2.75, 3.05) is 36.5 Å². The van der Waals surface area contributed by atoms with E-state index >= 15 is 0 Å². The van der Waals surface area contributed by atoms with Crippen LogP contribution in [0.4, 0.5) is 16.2 Å². The number of hydrogen-bond acceptors (Lipinski definition) is 7. The Balaban J connectivity index is 1.86. The first-order valence-corrected chi connectivity index (χ1v) is 10.5. The Labute approximate surface area is 169 Å². The van der Waals surface area contributed by atoms with E-state index in [1.54, 1.807) is 32.0 Å². The number of ether oxygens (including phenoxy) is 4. The number of carbonyl (C=O) groups excluding carboxylic acids is 1. The molecule has 0 aliphatic carbocycles. The van der Waals surface area contributed by atoms with Crippen molar-refractivity contribution in [3.63, 3.8) is 0 Å². The van der Waals surface area contributed by atoms with Crippen molar-refractivity contribution >= 4 is 27.5 Å². The van der Waals surface area contributed by atoms with Crippen LogP contribution < -0.4 is 24.2 Å². The fraction of sp³-hybridized carbons (Fsp3) is 0.316. The maximum absolute atomic E-state index is 12.8. The fourth-order valence-corrected chi connectivity index (χ4v) is 3.73. The van der Waals surface area contributed by atoms with Gasteiger partial charge in [-0.05, 0) is 44.2 Å². The predicted molar refractivity (Wildman–Crippen MR) is 106 cm³/mol. The molecule has 0 unspecified atom stereocenters. The zero-order chi connectivity index (χ0) is 20.9. The first-order valence-electron chi connectivity index (χ1n) is 9.06. The second-order valence-electron chi connectivity index (χ2n) is 5.90. The Bertz CT molecular complexity index is 992. The molecule has 3 rings (SSSR count). The minimum absolute atomic E-state index is 0.0531. The van der Waals surface area contributed by atoms with Crippen LogP contribution in [0.1, 0.15) is 13.8 Å². The minimum atomic E-state index is -3.94. The lowest BCUT2D eigenvalue weighted by molar-refractivity contribution is 0.167. The third-order valence-corrected chi connectivity index (χ3v) is 5.25. The van der Waals surface area contributed by atoms with Gasteiger partial charge in [-0.2, -0.15) is 0 Å². The summed E-state index contributed by atoms with van der Waals surface area (Å²) in [5.41, 5.74) is 0.512. The molecule has 0 atom stereocenters. The molecule has 1 amide bonds. The summed E-state index contributed by atoms with van der Waals surface area (Å²) in [4.78, 5) is 11.7. The lowest BCUT2D eigenvalue weighted by Crippen LogP contribution is -2.17. The van der Waals surface area contributed by atoms with Gasteiger partial charge in [-0.25, -0.2) is 13.2 Å². The van der Waals surface area contributed by atoms with Gasteiger partial charge in [-0.3, -0.25) is 10.0 Å². The van der Waals surface area contributed by atoms with Gasteiger partial charge >= 0.3 is 6.09 Å². The van der Waals surface area contributed by atoms with E-state index in [0.29, 0.717) is 42.8 Å². The van der Waals surface area contributed by atoms with Gasteiger partial charge in [0.15, 0.2) is 11.5 Å². The summed E-state index contributed by atoms with van der Waals surface area (Å²) in [5, 5.41) is 2.50. The number of anilines is 2. The van der Waals surface area contributed by atoms with Crippen molar-refractivity contribution in [3.8, 4) is 17.2 Å². The number of benzene rings is 2. The van der Waals surface area contributed by atoms with Gasteiger partial charge in [-0.1, -0.05) is 0 Å². The highest BCUT2D eigenvalue weighted by molar-refractivity contribution is 7.92. The summed E-state index contributed by atoms with van der Waals surface area (Å²) in [6.07, 6.45) is -0.706. The highest BCUT2D eigenvalue weighted by atomic mass is 32.2. The zero-order valence-corrected chi connectivity index (χ0v) is 16.9. The molecule has 0 aromatic heterocycles. The van der Waals surface area contributed by atoms with E-state index in [4.69, 9.17) is 18.9 Å². The topological polar surface area (TPSA) is 112 Å². The van der Waals surface area contributed by atoms with Gasteiger partial charge in [0.2, 0.25) is 0 Å². The van der Waals surface area contributed by atoms with Crippen molar-refractivity contribution in [1.82, 2.24) is 0 Å². The van der Waals surface area contributed by atoms with Crippen molar-refractivity contribution in [1.29, 1.82) is 0 Å². The van der Waals surface area contributed by atoms with Crippen LogP contribution in [0.5, 0.6) is 17.2 Å². The minimum Gasteiger partial charge on any atom is -0.492 e. The standard InChI is InChI=1S/C19H22N2O7S/c1-3-25-16-8-6-14(12-15(16)20-19(22)26-4-2)29(23,24)21-13-5-7-17-18(11-13)28-10-9-27-17/h5-8,11-12,21H,3-4,9-10H2,1-2H3,(H,20,22). The van der Waals surface area contributed by atoms with Gasteiger partial charge in [-0.15, -0.1) is 0 Å². The largest absolute Gasteiger partial charge is 0.492 e. The van der Waals surface area contributed by atoms with Gasteiger partial charge < -0.3 is 18.9 Å². The molecule has 2 aromatic rings. The number of nitrogens with one attached hydrogen (secondary N) is 2. The van der Waals surface area contributed by atoms with E-state index in [-0.39, 0.29) is 17.2 Å². The summed E-state index contributed by atoms with van der Waals surface area (Å²) < 4.78 is 49.4. The summed E-state index contributed by atoms with van der Waals surface area (Å²) >= 11 is 0. The molecular weight excluding hydrogens is 400 g/mol. The fourth-order valence-electron chi connectivity index (χ4n) is 2.65. The Morgan fingerprint density at radius 1 is 1.03 bits per heavy atom. The number of fused-ring (bicyclic) bond motifs is 1. The lowest BCUT2D eigenvalue weighted by Gasteiger charge is -2.19. The van der Waals surface area contributed by atoms with Gasteiger partial charge in [0.25, 0.3) is 10.0 Å². The van der Waals surface area contributed by atoms with E-state index in [0.717, 1.165) is 0 Å². The SMILES string of the molecule is CCOC(=O)Nc1cc(S(=O)(=O)Nc2ccc3c(c2)OCCO3)ccc1OCC.